The maximum Gasteiger partial charge on any atom is 0.322 e. The molecule has 2 rings (SSSR count). The number of anilines is 1. The number of carbonyl (C=O) groups is 1. The van der Waals surface area contributed by atoms with Crippen LogP contribution in [-0.4, -0.2) is 44.2 Å². The highest BCUT2D eigenvalue weighted by Crippen LogP contribution is 2.23. The molecule has 1 aromatic rings. The predicted octanol–water partition coefficient (Wildman–Crippen LogP) is 1.13. The van der Waals surface area contributed by atoms with E-state index in [1.165, 1.54) is 0 Å². The quantitative estimate of drug-likeness (QED) is 0.808. The predicted molar refractivity (Wildman–Crippen MR) is 66.5 cm³/mol. The van der Waals surface area contributed by atoms with Gasteiger partial charge in [-0.1, -0.05) is 12.1 Å². The minimum atomic E-state index is -0.0731. The van der Waals surface area contributed by atoms with Crippen molar-refractivity contribution in [2.24, 2.45) is 0 Å². The van der Waals surface area contributed by atoms with Gasteiger partial charge in [-0.25, -0.2) is 4.79 Å². The van der Waals surface area contributed by atoms with Crippen molar-refractivity contribution in [3.05, 3.63) is 24.3 Å². The van der Waals surface area contributed by atoms with Crippen molar-refractivity contribution in [2.45, 2.75) is 0 Å². The van der Waals surface area contributed by atoms with Crippen molar-refractivity contribution < 1.29 is 9.53 Å². The lowest BCUT2D eigenvalue weighted by Crippen LogP contribution is -2.48. The SMILES string of the molecule is COc1ccccc1NC(=O)N1CCNCC1. The first-order valence-corrected chi connectivity index (χ1v) is 5.71. The van der Waals surface area contributed by atoms with Crippen LogP contribution in [0.1, 0.15) is 0 Å². The minimum Gasteiger partial charge on any atom is -0.495 e. The molecular weight excluding hydrogens is 218 g/mol. The number of para-hydroxylation sites is 2. The van der Waals surface area contributed by atoms with E-state index in [9.17, 15) is 4.79 Å². The smallest absolute Gasteiger partial charge is 0.322 e. The molecular formula is C12H17N3O2. The number of piperazine rings is 1. The van der Waals surface area contributed by atoms with Gasteiger partial charge in [0.25, 0.3) is 0 Å². The van der Waals surface area contributed by atoms with Crippen molar-refractivity contribution in [1.82, 2.24) is 10.2 Å². The zero-order chi connectivity index (χ0) is 12.1. The van der Waals surface area contributed by atoms with E-state index in [2.05, 4.69) is 10.6 Å². The van der Waals surface area contributed by atoms with E-state index in [1.807, 2.05) is 24.3 Å². The molecule has 0 spiro atoms. The normalized spacial score (nSPS) is 15.5. The fourth-order valence-electron chi connectivity index (χ4n) is 1.81. The lowest BCUT2D eigenvalue weighted by molar-refractivity contribution is 0.203. The second kappa shape index (κ2) is 5.54. The molecule has 17 heavy (non-hydrogen) atoms. The summed E-state index contributed by atoms with van der Waals surface area (Å²) in [6.07, 6.45) is 0. The van der Waals surface area contributed by atoms with Crippen LogP contribution < -0.4 is 15.4 Å². The Morgan fingerprint density at radius 3 is 2.76 bits per heavy atom. The van der Waals surface area contributed by atoms with Crippen LogP contribution in [0.15, 0.2) is 24.3 Å². The largest absolute Gasteiger partial charge is 0.495 e. The molecule has 1 aliphatic rings. The Labute approximate surface area is 101 Å². The summed E-state index contributed by atoms with van der Waals surface area (Å²) in [4.78, 5) is 13.8. The Bertz CT molecular complexity index is 389. The molecule has 5 nitrogen and oxygen atoms in total. The van der Waals surface area contributed by atoms with Gasteiger partial charge >= 0.3 is 6.03 Å². The Morgan fingerprint density at radius 2 is 2.06 bits per heavy atom. The molecule has 5 heteroatoms. The second-order valence-electron chi connectivity index (χ2n) is 3.87. The molecule has 0 unspecified atom stereocenters. The first-order valence-electron chi connectivity index (χ1n) is 5.71. The lowest BCUT2D eigenvalue weighted by Gasteiger charge is -2.27. The highest BCUT2D eigenvalue weighted by atomic mass is 16.5. The van der Waals surface area contributed by atoms with Gasteiger partial charge < -0.3 is 20.3 Å². The van der Waals surface area contributed by atoms with Gasteiger partial charge in [0, 0.05) is 26.2 Å². The Hall–Kier alpha value is -1.75. The molecule has 0 saturated carbocycles. The van der Waals surface area contributed by atoms with Gasteiger partial charge in [0.15, 0.2) is 0 Å². The van der Waals surface area contributed by atoms with Gasteiger partial charge in [-0.3, -0.25) is 0 Å². The molecule has 1 aromatic carbocycles. The van der Waals surface area contributed by atoms with E-state index in [0.29, 0.717) is 11.4 Å². The molecule has 0 atom stereocenters. The Kier molecular flexibility index (Phi) is 3.82. The molecule has 2 amide bonds. The fourth-order valence-corrected chi connectivity index (χ4v) is 1.81. The molecule has 1 heterocycles. The van der Waals surface area contributed by atoms with Crippen molar-refractivity contribution in [2.75, 3.05) is 38.6 Å². The molecule has 2 N–H and O–H groups in total. The Balaban J connectivity index is 2.01. The van der Waals surface area contributed by atoms with Gasteiger partial charge in [-0.15, -0.1) is 0 Å². The number of hydrogen-bond acceptors (Lipinski definition) is 3. The van der Waals surface area contributed by atoms with E-state index < -0.39 is 0 Å². The molecule has 1 fully saturated rings. The van der Waals surface area contributed by atoms with E-state index in [1.54, 1.807) is 12.0 Å². The summed E-state index contributed by atoms with van der Waals surface area (Å²) < 4.78 is 5.19. The van der Waals surface area contributed by atoms with Crippen molar-refractivity contribution in [3.63, 3.8) is 0 Å². The highest BCUT2D eigenvalue weighted by Gasteiger charge is 2.16. The summed E-state index contributed by atoms with van der Waals surface area (Å²) in [6.45, 7) is 3.17. The number of nitrogens with one attached hydrogen (secondary N) is 2. The van der Waals surface area contributed by atoms with E-state index in [0.717, 1.165) is 26.2 Å². The summed E-state index contributed by atoms with van der Waals surface area (Å²) in [6, 6.07) is 7.33. The topological polar surface area (TPSA) is 53.6 Å². The molecule has 0 radical (unpaired) electrons. The summed E-state index contributed by atoms with van der Waals surface area (Å²) in [7, 11) is 1.59. The third-order valence-corrected chi connectivity index (χ3v) is 2.75. The van der Waals surface area contributed by atoms with Crippen molar-refractivity contribution in [3.8, 4) is 5.75 Å². The van der Waals surface area contributed by atoms with Crippen LogP contribution in [0.2, 0.25) is 0 Å². The fraction of sp³-hybridized carbons (Fsp3) is 0.417. The summed E-state index contributed by atoms with van der Waals surface area (Å²) in [5, 5.41) is 6.08. The summed E-state index contributed by atoms with van der Waals surface area (Å²) in [5.74, 6) is 0.677. The van der Waals surface area contributed by atoms with Crippen LogP contribution in [-0.2, 0) is 0 Å². The van der Waals surface area contributed by atoms with Crippen LogP contribution in [0.4, 0.5) is 10.5 Å². The average Bonchev–Trinajstić information content (AvgIpc) is 2.40. The standard InChI is InChI=1S/C12H17N3O2/c1-17-11-5-3-2-4-10(11)14-12(16)15-8-6-13-7-9-15/h2-5,13H,6-9H2,1H3,(H,14,16). The maximum atomic E-state index is 12.0. The molecule has 0 bridgehead atoms. The number of urea groups is 1. The monoisotopic (exact) mass is 235 g/mol. The first kappa shape index (κ1) is 11.7. The zero-order valence-corrected chi connectivity index (χ0v) is 9.90. The minimum absolute atomic E-state index is 0.0731. The van der Waals surface area contributed by atoms with Crippen LogP contribution >= 0.6 is 0 Å². The number of amides is 2. The summed E-state index contributed by atoms with van der Waals surface area (Å²) >= 11 is 0. The van der Waals surface area contributed by atoms with Gasteiger partial charge in [0.2, 0.25) is 0 Å². The summed E-state index contributed by atoms with van der Waals surface area (Å²) in [5.41, 5.74) is 0.707. The van der Waals surface area contributed by atoms with E-state index in [-0.39, 0.29) is 6.03 Å². The van der Waals surface area contributed by atoms with Crippen molar-refractivity contribution >= 4 is 11.7 Å². The Morgan fingerprint density at radius 1 is 1.35 bits per heavy atom. The van der Waals surface area contributed by atoms with Gasteiger partial charge in [0.1, 0.15) is 5.75 Å². The van der Waals surface area contributed by atoms with Crippen molar-refractivity contribution in [1.29, 1.82) is 0 Å². The van der Waals surface area contributed by atoms with Crippen LogP contribution in [0.5, 0.6) is 5.75 Å². The van der Waals surface area contributed by atoms with Gasteiger partial charge in [0.05, 0.1) is 12.8 Å². The zero-order valence-electron chi connectivity index (χ0n) is 9.90. The third-order valence-electron chi connectivity index (χ3n) is 2.75. The maximum absolute atomic E-state index is 12.0. The van der Waals surface area contributed by atoms with E-state index in [4.69, 9.17) is 4.74 Å². The molecule has 0 aliphatic carbocycles. The second-order valence-corrected chi connectivity index (χ2v) is 3.87. The number of methoxy groups -OCH3 is 1. The van der Waals surface area contributed by atoms with Gasteiger partial charge in [-0.05, 0) is 12.1 Å². The van der Waals surface area contributed by atoms with Crippen LogP contribution in [0.25, 0.3) is 0 Å². The average molecular weight is 235 g/mol. The number of benzene rings is 1. The number of nitrogens with zero attached hydrogens (tertiary/aromatic N) is 1. The number of ether oxygens (including phenoxy) is 1. The van der Waals surface area contributed by atoms with Crippen LogP contribution in [0.3, 0.4) is 0 Å². The number of rotatable bonds is 2. The molecule has 1 aliphatic heterocycles. The highest BCUT2D eigenvalue weighted by molar-refractivity contribution is 5.91. The first-order chi connectivity index (χ1) is 8.31. The molecule has 0 aromatic heterocycles. The molecule has 92 valence electrons. The van der Waals surface area contributed by atoms with E-state index >= 15 is 0 Å². The van der Waals surface area contributed by atoms with Crippen LogP contribution in [0, 0.1) is 0 Å². The number of hydrogen-bond donors (Lipinski definition) is 2. The number of carbonyl (C=O) groups excluding carboxylic acids is 1. The lowest BCUT2D eigenvalue weighted by atomic mass is 10.3. The molecule has 1 saturated heterocycles. The third kappa shape index (κ3) is 2.88. The van der Waals surface area contributed by atoms with Gasteiger partial charge in [-0.2, -0.15) is 0 Å².